The smallest absolute Gasteiger partial charge is 0.0523 e. The maximum Gasteiger partial charge on any atom is 0.0523 e. The topological polar surface area (TPSA) is 49.4 Å². The minimum atomic E-state index is -2.09. The number of nitrogens with zero attached hydrogens (tertiary/aromatic N) is 4. The first-order valence-electron chi connectivity index (χ1n) is 19.5. The predicted molar refractivity (Wildman–Crippen MR) is 209 cm³/mol. The van der Waals surface area contributed by atoms with Gasteiger partial charge in [-0.15, -0.1) is 0 Å². The van der Waals surface area contributed by atoms with Gasteiger partial charge in [0, 0.05) is 31.1 Å². The summed E-state index contributed by atoms with van der Waals surface area (Å²) < 4.78 is 44.5. The summed E-state index contributed by atoms with van der Waals surface area (Å²) in [6.07, 6.45) is 0. The molecule has 0 saturated carbocycles. The average Bonchev–Trinajstić information content (AvgIpc) is 2.74. The molecule has 0 aliphatic rings. The van der Waals surface area contributed by atoms with Crippen molar-refractivity contribution in [2.45, 2.75) is 216 Å². The second kappa shape index (κ2) is 17.6. The number of rotatable bonds is 0. The average molecular weight is 627 g/mol. The lowest BCUT2D eigenvalue weighted by Crippen LogP contribution is -2.22. The van der Waals surface area contributed by atoms with Gasteiger partial charge in [0.15, 0.2) is 0 Å². The largest absolute Gasteiger partial charge is 0.288 e. The van der Waals surface area contributed by atoms with Crippen LogP contribution >= 0.6 is 0 Å². The fourth-order valence-electron chi connectivity index (χ4n) is 2.28. The Morgan fingerprint density at radius 2 is 0.568 bits per heavy atom. The highest BCUT2D eigenvalue weighted by Gasteiger charge is 2.20. The van der Waals surface area contributed by atoms with E-state index in [1.165, 1.54) is 5.71 Å². The van der Waals surface area contributed by atoms with Gasteiger partial charge in [0.1, 0.15) is 0 Å². The summed E-state index contributed by atoms with van der Waals surface area (Å²) >= 11 is 0. The van der Waals surface area contributed by atoms with Gasteiger partial charge in [0.25, 0.3) is 0 Å². The van der Waals surface area contributed by atoms with Crippen molar-refractivity contribution in [3.05, 3.63) is 0 Å². The minimum absolute atomic E-state index is 0.0367. The highest BCUT2D eigenvalue weighted by atomic mass is 14.9. The third-order valence-corrected chi connectivity index (χ3v) is 5.31. The van der Waals surface area contributed by atoms with Gasteiger partial charge in [-0.05, 0) is 132 Å². The first-order valence-corrected chi connectivity index (χ1v) is 16.2. The minimum Gasteiger partial charge on any atom is -0.288 e. The SMILES string of the molecule is CC(=NC(C)(C)C)C(C)(C)C.[2H]C([2H])([2H])C(=NC(C)(C)C)C(C)(C)C.[2H]C([2H])C(=NC(C)(C)C)C(C)(C)C.[2H]CC(=NC(C)(C)C)C(C)(C)C. The Hall–Kier alpha value is -1.32. The van der Waals surface area contributed by atoms with Crippen molar-refractivity contribution in [1.82, 2.24) is 0 Å². The summed E-state index contributed by atoms with van der Waals surface area (Å²) in [6, 6.07) is 0. The van der Waals surface area contributed by atoms with Crippen LogP contribution in [0.15, 0.2) is 20.0 Å². The molecular formula is C40H84N4. The monoisotopic (exact) mass is 627 g/mol. The van der Waals surface area contributed by atoms with E-state index in [2.05, 4.69) is 110 Å². The molecule has 0 radical (unpaired) electrons. The van der Waals surface area contributed by atoms with Crippen LogP contribution in [0.2, 0.25) is 0 Å². The van der Waals surface area contributed by atoms with E-state index in [0.717, 1.165) is 5.71 Å². The summed E-state index contributed by atoms with van der Waals surface area (Å²) in [5.74, 6) is 0. The van der Waals surface area contributed by atoms with E-state index in [4.69, 9.17) is 8.22 Å². The molecule has 0 amide bonds. The molecular weight excluding hydrogens is 536 g/mol. The van der Waals surface area contributed by atoms with Crippen LogP contribution in [-0.2, 0) is 0 Å². The van der Waals surface area contributed by atoms with Gasteiger partial charge in [-0.2, -0.15) is 0 Å². The molecule has 4 nitrogen and oxygen atoms in total. The fourth-order valence-corrected chi connectivity index (χ4v) is 2.28. The van der Waals surface area contributed by atoms with Crippen LogP contribution in [0, 0.1) is 21.7 Å². The van der Waals surface area contributed by atoms with Crippen molar-refractivity contribution < 1.29 is 8.22 Å². The lowest BCUT2D eigenvalue weighted by atomic mass is 9.90. The Kier molecular flexibility index (Phi) is 14.8. The van der Waals surface area contributed by atoms with E-state index in [0.29, 0.717) is 18.3 Å². The van der Waals surface area contributed by atoms with E-state index in [1.807, 2.05) is 83.1 Å². The molecule has 0 saturated heterocycles. The van der Waals surface area contributed by atoms with Gasteiger partial charge < -0.3 is 0 Å². The van der Waals surface area contributed by atoms with Gasteiger partial charge >= 0.3 is 0 Å². The van der Waals surface area contributed by atoms with Gasteiger partial charge in [0.2, 0.25) is 0 Å². The van der Waals surface area contributed by atoms with Crippen LogP contribution < -0.4 is 0 Å². The van der Waals surface area contributed by atoms with Crippen molar-refractivity contribution in [3.63, 3.8) is 0 Å². The first kappa shape index (κ1) is 37.1. The van der Waals surface area contributed by atoms with E-state index in [-0.39, 0.29) is 38.4 Å². The number of hydrogen-bond donors (Lipinski definition) is 0. The summed E-state index contributed by atoms with van der Waals surface area (Å²) in [5, 5.41) is 0. The number of aliphatic imine (C=N–C) groups is 4. The molecule has 0 aromatic rings. The molecule has 4 heteroatoms. The Bertz CT molecular complexity index is 1090. The van der Waals surface area contributed by atoms with E-state index in [9.17, 15) is 0 Å². The summed E-state index contributed by atoms with van der Waals surface area (Å²) in [7, 11) is 0. The molecule has 0 bridgehead atoms. The zero-order valence-electron chi connectivity index (χ0n) is 40.6. The van der Waals surface area contributed by atoms with Crippen molar-refractivity contribution >= 4 is 22.8 Å². The standard InChI is InChI=1S/4C10H21N/c4*1-8(9(2,3)4)11-10(5,6)7/h4*1-7H3/i1D3;1D2;1D;. The Morgan fingerprint density at radius 3 is 0.659 bits per heavy atom. The predicted octanol–water partition coefficient (Wildman–Crippen LogP) is 13.2. The molecule has 0 rings (SSSR count). The molecule has 0 unspecified atom stereocenters. The van der Waals surface area contributed by atoms with Crippen LogP contribution in [0.5, 0.6) is 0 Å². The zero-order valence-corrected chi connectivity index (χ0v) is 34.6. The fraction of sp³-hybridized carbons (Fsp3) is 0.900. The molecule has 0 aromatic heterocycles. The van der Waals surface area contributed by atoms with E-state index < -0.39 is 19.1 Å². The highest BCUT2D eigenvalue weighted by Crippen LogP contribution is 2.22. The van der Waals surface area contributed by atoms with Gasteiger partial charge in [-0.25, -0.2) is 0 Å². The zero-order chi connectivity index (χ0) is 41.9. The van der Waals surface area contributed by atoms with Crippen molar-refractivity contribution in [3.8, 4) is 0 Å². The van der Waals surface area contributed by atoms with Crippen LogP contribution in [0.3, 0.4) is 0 Å². The lowest BCUT2D eigenvalue weighted by Gasteiger charge is -2.22. The van der Waals surface area contributed by atoms with Crippen LogP contribution in [0.4, 0.5) is 0 Å². The van der Waals surface area contributed by atoms with Crippen molar-refractivity contribution in [2.75, 3.05) is 0 Å². The van der Waals surface area contributed by atoms with Crippen LogP contribution in [0.1, 0.15) is 202 Å². The maximum absolute atomic E-state index is 7.43. The van der Waals surface area contributed by atoms with Gasteiger partial charge in [0.05, 0.1) is 22.2 Å². The molecule has 0 fully saturated rings. The third kappa shape index (κ3) is 35.2. The molecule has 0 aliphatic carbocycles. The highest BCUT2D eigenvalue weighted by molar-refractivity contribution is 5.88. The Labute approximate surface area is 288 Å². The Balaban J connectivity index is -0.000000283. The molecule has 0 spiro atoms. The van der Waals surface area contributed by atoms with Crippen molar-refractivity contribution in [2.24, 2.45) is 41.6 Å². The summed E-state index contributed by atoms with van der Waals surface area (Å²) in [5.41, 5.74) is 2.32. The Morgan fingerprint density at radius 1 is 0.341 bits per heavy atom. The molecule has 44 heavy (non-hydrogen) atoms. The second-order valence-corrected chi connectivity index (χ2v) is 19.9. The molecule has 0 aromatic carbocycles. The first-order chi connectivity index (χ1) is 21.2. The van der Waals surface area contributed by atoms with E-state index in [1.54, 1.807) is 0 Å². The summed E-state index contributed by atoms with van der Waals surface area (Å²) in [4.78, 5) is 17.9. The normalized spacial score (nSPS) is 17.7. The van der Waals surface area contributed by atoms with Gasteiger partial charge in [-0.3, -0.25) is 20.0 Å². The van der Waals surface area contributed by atoms with Crippen molar-refractivity contribution in [1.29, 1.82) is 0 Å². The van der Waals surface area contributed by atoms with Gasteiger partial charge in [-0.1, -0.05) is 83.1 Å². The van der Waals surface area contributed by atoms with E-state index >= 15 is 0 Å². The molecule has 0 heterocycles. The maximum atomic E-state index is 7.43. The number of hydrogen-bond acceptors (Lipinski definition) is 4. The molecule has 0 aliphatic heterocycles. The third-order valence-electron chi connectivity index (χ3n) is 5.31. The lowest BCUT2D eigenvalue weighted by molar-refractivity contribution is 0.538. The van der Waals surface area contributed by atoms with Crippen LogP contribution in [0.25, 0.3) is 0 Å². The quantitative estimate of drug-likeness (QED) is 0.240. The second-order valence-electron chi connectivity index (χ2n) is 19.9. The molecule has 264 valence electrons. The molecule has 0 N–H and O–H groups in total. The summed E-state index contributed by atoms with van der Waals surface area (Å²) in [6.45, 7) is 48.1. The van der Waals surface area contributed by atoms with Crippen LogP contribution in [-0.4, -0.2) is 45.0 Å². The molecule has 0 atom stereocenters.